The minimum Gasteiger partial charge on any atom is -0.369 e. The Bertz CT molecular complexity index is 1330. The number of pyridine rings is 1. The van der Waals surface area contributed by atoms with Gasteiger partial charge in [0.1, 0.15) is 0 Å². The van der Waals surface area contributed by atoms with Crippen LogP contribution in [0.5, 0.6) is 0 Å². The van der Waals surface area contributed by atoms with Crippen molar-refractivity contribution in [2.24, 2.45) is 0 Å². The van der Waals surface area contributed by atoms with Crippen molar-refractivity contribution in [2.45, 2.75) is 6.92 Å². The summed E-state index contributed by atoms with van der Waals surface area (Å²) >= 11 is 0. The van der Waals surface area contributed by atoms with Gasteiger partial charge in [-0.2, -0.15) is 0 Å². The third-order valence-electron chi connectivity index (χ3n) is 6.35. The quantitative estimate of drug-likeness (QED) is 0.418. The van der Waals surface area contributed by atoms with Gasteiger partial charge >= 0.3 is 0 Å². The number of nitrogens with zero attached hydrogens (tertiary/aromatic N) is 5. The van der Waals surface area contributed by atoms with Crippen LogP contribution in [0.4, 0.5) is 23.0 Å². The van der Waals surface area contributed by atoms with Crippen LogP contribution in [0, 0.1) is 6.92 Å². The average molecular weight is 480 g/mol. The van der Waals surface area contributed by atoms with E-state index in [0.717, 1.165) is 54.4 Å². The maximum atomic E-state index is 12.9. The number of aryl methyl sites for hydroxylation is 1. The second-order valence-corrected chi connectivity index (χ2v) is 8.95. The molecule has 1 aliphatic rings. The van der Waals surface area contributed by atoms with E-state index >= 15 is 0 Å². The molecule has 2 aromatic carbocycles. The summed E-state index contributed by atoms with van der Waals surface area (Å²) < 4.78 is 0. The topological polar surface area (TPSA) is 86.3 Å². The second kappa shape index (κ2) is 10.5. The highest BCUT2D eigenvalue weighted by atomic mass is 16.1. The van der Waals surface area contributed by atoms with Crippen molar-refractivity contribution in [3.05, 3.63) is 90.4 Å². The number of carbonyl (C=O) groups excluding carboxylic acids is 1. The van der Waals surface area contributed by atoms with E-state index in [2.05, 4.69) is 42.4 Å². The predicted molar refractivity (Wildman–Crippen MR) is 144 cm³/mol. The Balaban J connectivity index is 1.27. The molecule has 0 bridgehead atoms. The molecule has 2 N–H and O–H groups in total. The number of nitrogens with one attached hydrogen (secondary N) is 2. The van der Waals surface area contributed by atoms with Crippen LogP contribution < -0.4 is 15.5 Å². The van der Waals surface area contributed by atoms with Crippen molar-refractivity contribution in [3.63, 3.8) is 0 Å². The first-order valence-electron chi connectivity index (χ1n) is 12.0. The van der Waals surface area contributed by atoms with Crippen LogP contribution in [0.2, 0.25) is 0 Å². The molecule has 0 atom stereocenters. The lowest BCUT2D eigenvalue weighted by Crippen LogP contribution is -2.44. The van der Waals surface area contributed by atoms with Crippen LogP contribution in [0.15, 0.2) is 79.3 Å². The molecule has 2 aromatic heterocycles. The number of aromatic nitrogens is 3. The van der Waals surface area contributed by atoms with Crippen molar-refractivity contribution in [2.75, 3.05) is 48.8 Å². The van der Waals surface area contributed by atoms with Crippen LogP contribution in [-0.2, 0) is 0 Å². The molecule has 3 heterocycles. The van der Waals surface area contributed by atoms with Crippen molar-refractivity contribution in [3.8, 4) is 11.3 Å². The summed E-state index contributed by atoms with van der Waals surface area (Å²) in [6, 6.07) is 19.2. The molecule has 182 valence electrons. The maximum absolute atomic E-state index is 12.9. The number of benzene rings is 2. The zero-order valence-electron chi connectivity index (χ0n) is 20.5. The van der Waals surface area contributed by atoms with E-state index < -0.39 is 0 Å². The van der Waals surface area contributed by atoms with E-state index in [1.165, 1.54) is 0 Å². The zero-order valence-corrected chi connectivity index (χ0v) is 20.5. The largest absolute Gasteiger partial charge is 0.369 e. The monoisotopic (exact) mass is 479 g/mol. The first kappa shape index (κ1) is 23.4. The van der Waals surface area contributed by atoms with Gasteiger partial charge in [0.15, 0.2) is 0 Å². The first-order chi connectivity index (χ1) is 17.5. The molecule has 0 unspecified atom stereocenters. The van der Waals surface area contributed by atoms with Crippen molar-refractivity contribution >= 4 is 28.9 Å². The Morgan fingerprint density at radius 1 is 0.944 bits per heavy atom. The van der Waals surface area contributed by atoms with Crippen molar-refractivity contribution in [1.29, 1.82) is 0 Å². The molecule has 0 aliphatic carbocycles. The van der Waals surface area contributed by atoms with Gasteiger partial charge < -0.3 is 20.4 Å². The van der Waals surface area contributed by atoms with Gasteiger partial charge in [-0.15, -0.1) is 0 Å². The van der Waals surface area contributed by atoms with E-state index in [0.29, 0.717) is 17.2 Å². The summed E-state index contributed by atoms with van der Waals surface area (Å²) in [5, 5.41) is 6.29. The number of hydrogen-bond donors (Lipinski definition) is 2. The molecule has 1 aliphatic heterocycles. The zero-order chi connectivity index (χ0) is 24.9. The SMILES string of the molecule is Cc1ccc(NC(=O)c2ccc(N3CCN(C)CC3)cc2)cc1Nc1nccc(-c2cccnc2)n1. The molecule has 0 saturated carbocycles. The van der Waals surface area contributed by atoms with E-state index in [4.69, 9.17) is 0 Å². The highest BCUT2D eigenvalue weighted by Crippen LogP contribution is 2.25. The van der Waals surface area contributed by atoms with E-state index in [1.54, 1.807) is 18.6 Å². The second-order valence-electron chi connectivity index (χ2n) is 8.95. The van der Waals surface area contributed by atoms with Gasteiger partial charge in [0.25, 0.3) is 5.91 Å². The summed E-state index contributed by atoms with van der Waals surface area (Å²) in [7, 11) is 2.14. The molecule has 4 aromatic rings. The van der Waals surface area contributed by atoms with Crippen LogP contribution in [0.3, 0.4) is 0 Å². The highest BCUT2D eigenvalue weighted by molar-refractivity contribution is 6.04. The summed E-state index contributed by atoms with van der Waals surface area (Å²) in [4.78, 5) is 30.7. The number of hydrogen-bond acceptors (Lipinski definition) is 7. The number of amides is 1. The minimum absolute atomic E-state index is 0.149. The lowest BCUT2D eigenvalue weighted by Gasteiger charge is -2.34. The highest BCUT2D eigenvalue weighted by Gasteiger charge is 2.15. The minimum atomic E-state index is -0.149. The van der Waals surface area contributed by atoms with E-state index in [-0.39, 0.29) is 5.91 Å². The lowest BCUT2D eigenvalue weighted by atomic mass is 10.1. The van der Waals surface area contributed by atoms with E-state index in [1.807, 2.05) is 67.6 Å². The number of anilines is 4. The number of rotatable bonds is 6. The van der Waals surface area contributed by atoms with Gasteiger partial charge in [-0.3, -0.25) is 9.78 Å². The van der Waals surface area contributed by atoms with Crippen LogP contribution >= 0.6 is 0 Å². The summed E-state index contributed by atoms with van der Waals surface area (Å²) in [6.07, 6.45) is 5.21. The van der Waals surface area contributed by atoms with Crippen molar-refractivity contribution in [1.82, 2.24) is 19.9 Å². The smallest absolute Gasteiger partial charge is 0.255 e. The molecule has 1 fully saturated rings. The fraction of sp³-hybridized carbons (Fsp3) is 0.214. The summed E-state index contributed by atoms with van der Waals surface area (Å²) in [5.41, 5.74) is 5.99. The Kier molecular flexibility index (Phi) is 6.86. The average Bonchev–Trinajstić information content (AvgIpc) is 2.92. The Morgan fingerprint density at radius 2 is 1.75 bits per heavy atom. The Morgan fingerprint density at radius 3 is 2.50 bits per heavy atom. The fourth-order valence-corrected chi connectivity index (χ4v) is 4.14. The van der Waals surface area contributed by atoms with Gasteiger partial charge in [0.2, 0.25) is 5.95 Å². The normalized spacial score (nSPS) is 13.9. The standard InChI is InChI=1S/C28H29N7O/c1-20-5-8-23(18-26(20)33-28-30-13-11-25(32-28)22-4-3-12-29-19-22)31-27(36)21-6-9-24(10-7-21)35-16-14-34(2)15-17-35/h3-13,18-19H,14-17H2,1-2H3,(H,31,36)(H,30,32,33). The molecule has 1 amide bonds. The molecule has 36 heavy (non-hydrogen) atoms. The molecule has 0 spiro atoms. The summed E-state index contributed by atoms with van der Waals surface area (Å²) in [5.74, 6) is 0.326. The van der Waals surface area contributed by atoms with Crippen molar-refractivity contribution < 1.29 is 4.79 Å². The molecule has 8 heteroatoms. The molecule has 5 rings (SSSR count). The number of likely N-dealkylation sites (N-methyl/N-ethyl adjacent to an activating group) is 1. The van der Waals surface area contributed by atoms with Crippen LogP contribution in [0.1, 0.15) is 15.9 Å². The van der Waals surface area contributed by atoms with Gasteiger partial charge in [-0.25, -0.2) is 9.97 Å². The maximum Gasteiger partial charge on any atom is 0.255 e. The number of piperazine rings is 1. The molecule has 1 saturated heterocycles. The molecular weight excluding hydrogens is 450 g/mol. The molecule has 0 radical (unpaired) electrons. The van der Waals surface area contributed by atoms with Gasteiger partial charge in [0, 0.05) is 73.0 Å². The van der Waals surface area contributed by atoms with Crippen LogP contribution in [0.25, 0.3) is 11.3 Å². The molecule has 8 nitrogen and oxygen atoms in total. The third kappa shape index (κ3) is 5.50. The lowest BCUT2D eigenvalue weighted by molar-refractivity contribution is 0.102. The fourth-order valence-electron chi connectivity index (χ4n) is 4.14. The summed E-state index contributed by atoms with van der Waals surface area (Å²) in [6.45, 7) is 6.08. The third-order valence-corrected chi connectivity index (χ3v) is 6.35. The van der Waals surface area contributed by atoms with Gasteiger partial charge in [-0.05, 0) is 74.1 Å². The Hall–Kier alpha value is -4.30. The van der Waals surface area contributed by atoms with Crippen LogP contribution in [-0.4, -0.2) is 59.0 Å². The van der Waals surface area contributed by atoms with Gasteiger partial charge in [0.05, 0.1) is 5.69 Å². The Labute approximate surface area is 211 Å². The van der Waals surface area contributed by atoms with E-state index in [9.17, 15) is 4.79 Å². The number of carbonyl (C=O) groups is 1. The first-order valence-corrected chi connectivity index (χ1v) is 12.0. The predicted octanol–water partition coefficient (Wildman–Crippen LogP) is 4.59. The van der Waals surface area contributed by atoms with Gasteiger partial charge in [-0.1, -0.05) is 6.07 Å². The molecular formula is C28H29N7O.